The molecule has 0 radical (unpaired) electrons. The Hall–Kier alpha value is -2.42. The quantitative estimate of drug-likeness (QED) is 0.838. The molecule has 0 atom stereocenters. The molecule has 0 amide bonds. The average Bonchev–Trinajstić information content (AvgIpc) is 2.45. The van der Waals surface area contributed by atoms with Gasteiger partial charge in [0.15, 0.2) is 0 Å². The van der Waals surface area contributed by atoms with Gasteiger partial charge in [0.2, 0.25) is 0 Å². The normalized spacial score (nSPS) is 12.3. The van der Waals surface area contributed by atoms with Gasteiger partial charge in [0.1, 0.15) is 5.82 Å². The van der Waals surface area contributed by atoms with Crippen molar-refractivity contribution in [3.63, 3.8) is 0 Å². The molecule has 2 rings (SSSR count). The first-order valence-electron chi connectivity index (χ1n) is 7.09. The number of rotatable bonds is 3. The Morgan fingerprint density at radius 1 is 0.955 bits per heavy atom. The van der Waals surface area contributed by atoms with Crippen molar-refractivity contribution in [1.29, 1.82) is 0 Å². The summed E-state index contributed by atoms with van der Waals surface area (Å²) in [4.78, 5) is 11.1. The molecule has 22 heavy (non-hydrogen) atoms. The van der Waals surface area contributed by atoms with Crippen LogP contribution in [0.25, 0.3) is 5.57 Å². The minimum atomic E-state index is -1.03. The minimum Gasteiger partial charge on any atom is -0.478 e. The highest BCUT2D eigenvalue weighted by atomic mass is 19.1. The smallest absolute Gasteiger partial charge is 0.328 e. The van der Waals surface area contributed by atoms with Crippen molar-refractivity contribution in [2.45, 2.75) is 26.2 Å². The maximum Gasteiger partial charge on any atom is 0.328 e. The number of carboxylic acid groups (broad SMARTS) is 1. The lowest BCUT2D eigenvalue weighted by molar-refractivity contribution is -0.131. The molecule has 0 bridgehead atoms. The summed E-state index contributed by atoms with van der Waals surface area (Å²) in [6.45, 7) is 6.36. The highest BCUT2D eigenvalue weighted by Crippen LogP contribution is 2.27. The molecule has 0 saturated carbocycles. The topological polar surface area (TPSA) is 37.3 Å². The van der Waals surface area contributed by atoms with Crippen LogP contribution in [-0.4, -0.2) is 11.1 Å². The molecule has 114 valence electrons. The van der Waals surface area contributed by atoms with Crippen LogP contribution >= 0.6 is 0 Å². The molecule has 0 saturated heterocycles. The molecule has 0 heterocycles. The summed E-state index contributed by atoms with van der Waals surface area (Å²) in [5.41, 5.74) is 3.23. The predicted octanol–water partition coefficient (Wildman–Crippen LogP) is 4.64. The number of carbonyl (C=O) groups is 1. The van der Waals surface area contributed by atoms with Gasteiger partial charge in [0.25, 0.3) is 0 Å². The summed E-state index contributed by atoms with van der Waals surface area (Å²) in [7, 11) is 0. The maximum atomic E-state index is 13.1. The van der Waals surface area contributed by atoms with Crippen LogP contribution in [0, 0.1) is 5.82 Å². The Morgan fingerprint density at radius 3 is 1.82 bits per heavy atom. The Morgan fingerprint density at radius 2 is 1.41 bits per heavy atom. The molecular formula is C19H19FO2. The van der Waals surface area contributed by atoms with Gasteiger partial charge in [-0.1, -0.05) is 57.2 Å². The van der Waals surface area contributed by atoms with E-state index in [0.717, 1.165) is 11.6 Å². The lowest BCUT2D eigenvalue weighted by Gasteiger charge is -2.19. The van der Waals surface area contributed by atoms with Crippen molar-refractivity contribution < 1.29 is 14.3 Å². The van der Waals surface area contributed by atoms with Crippen LogP contribution in [-0.2, 0) is 10.2 Å². The number of benzene rings is 2. The summed E-state index contributed by atoms with van der Waals surface area (Å²) >= 11 is 0. The van der Waals surface area contributed by atoms with Crippen molar-refractivity contribution >= 4 is 11.5 Å². The van der Waals surface area contributed by atoms with E-state index >= 15 is 0 Å². The molecule has 0 spiro atoms. The van der Waals surface area contributed by atoms with E-state index in [9.17, 15) is 9.18 Å². The number of hydrogen-bond donors (Lipinski definition) is 1. The predicted molar refractivity (Wildman–Crippen MR) is 86.3 cm³/mol. The third-order valence-electron chi connectivity index (χ3n) is 3.48. The zero-order chi connectivity index (χ0) is 16.3. The lowest BCUT2D eigenvalue weighted by atomic mass is 9.85. The van der Waals surface area contributed by atoms with Gasteiger partial charge >= 0.3 is 5.97 Å². The zero-order valence-corrected chi connectivity index (χ0v) is 12.9. The molecule has 3 heteroatoms. The van der Waals surface area contributed by atoms with Crippen molar-refractivity contribution in [2.75, 3.05) is 0 Å². The molecule has 0 aromatic heterocycles. The second-order valence-electron chi connectivity index (χ2n) is 6.23. The monoisotopic (exact) mass is 298 g/mol. The van der Waals surface area contributed by atoms with E-state index in [4.69, 9.17) is 5.11 Å². The standard InChI is InChI=1S/C19H19FO2/c1-19(2,3)15-8-4-13(5-9-15)17(12-18(21)22)14-6-10-16(20)11-7-14/h4-12H,1-3H3,(H,21,22)/b17-12+. The van der Waals surface area contributed by atoms with Crippen molar-refractivity contribution in [1.82, 2.24) is 0 Å². The van der Waals surface area contributed by atoms with Gasteiger partial charge in [0, 0.05) is 6.08 Å². The Bertz CT molecular complexity index is 690. The summed E-state index contributed by atoms with van der Waals surface area (Å²) < 4.78 is 13.1. The Labute approximate surface area is 129 Å². The van der Waals surface area contributed by atoms with Gasteiger partial charge in [0.05, 0.1) is 0 Å². The summed E-state index contributed by atoms with van der Waals surface area (Å²) in [6, 6.07) is 13.6. The molecule has 0 aliphatic carbocycles. The summed E-state index contributed by atoms with van der Waals surface area (Å²) in [6.07, 6.45) is 1.15. The van der Waals surface area contributed by atoms with Gasteiger partial charge in [-0.3, -0.25) is 0 Å². The number of hydrogen-bond acceptors (Lipinski definition) is 1. The molecule has 1 N–H and O–H groups in total. The van der Waals surface area contributed by atoms with E-state index in [2.05, 4.69) is 20.8 Å². The fourth-order valence-corrected chi connectivity index (χ4v) is 2.24. The second-order valence-corrected chi connectivity index (χ2v) is 6.23. The first-order valence-corrected chi connectivity index (χ1v) is 7.09. The molecule has 2 nitrogen and oxygen atoms in total. The molecule has 2 aromatic carbocycles. The zero-order valence-electron chi connectivity index (χ0n) is 12.9. The van der Waals surface area contributed by atoms with E-state index < -0.39 is 5.97 Å². The molecule has 0 aliphatic rings. The summed E-state index contributed by atoms with van der Waals surface area (Å²) in [5, 5.41) is 9.09. The highest BCUT2D eigenvalue weighted by Gasteiger charge is 2.14. The number of aliphatic carboxylic acids is 1. The van der Waals surface area contributed by atoms with Crippen LogP contribution in [0.5, 0.6) is 0 Å². The van der Waals surface area contributed by atoms with Gasteiger partial charge in [-0.15, -0.1) is 0 Å². The van der Waals surface area contributed by atoms with Gasteiger partial charge in [-0.2, -0.15) is 0 Å². The fraction of sp³-hybridized carbons (Fsp3) is 0.211. The van der Waals surface area contributed by atoms with Crippen molar-refractivity contribution in [3.05, 3.63) is 77.1 Å². The Kier molecular flexibility index (Phi) is 4.45. The van der Waals surface area contributed by atoms with E-state index in [1.165, 1.54) is 17.7 Å². The van der Waals surface area contributed by atoms with Crippen LogP contribution < -0.4 is 0 Å². The highest BCUT2D eigenvalue weighted by molar-refractivity contribution is 5.95. The van der Waals surface area contributed by atoms with E-state index in [0.29, 0.717) is 11.1 Å². The molecule has 0 fully saturated rings. The maximum absolute atomic E-state index is 13.1. The van der Waals surface area contributed by atoms with Crippen LogP contribution in [0.15, 0.2) is 54.6 Å². The van der Waals surface area contributed by atoms with Crippen molar-refractivity contribution in [2.24, 2.45) is 0 Å². The van der Waals surface area contributed by atoms with Crippen molar-refractivity contribution in [3.8, 4) is 0 Å². The molecule has 2 aromatic rings. The first kappa shape index (κ1) is 16.0. The second kappa shape index (κ2) is 6.14. The van der Waals surface area contributed by atoms with Crippen LogP contribution in [0.2, 0.25) is 0 Å². The van der Waals surface area contributed by atoms with E-state index in [1.807, 2.05) is 24.3 Å². The Balaban J connectivity index is 2.47. The van der Waals surface area contributed by atoms with Gasteiger partial charge < -0.3 is 5.11 Å². The third kappa shape index (κ3) is 3.82. The van der Waals surface area contributed by atoms with Gasteiger partial charge in [-0.05, 0) is 39.8 Å². The van der Waals surface area contributed by atoms with Crippen LogP contribution in [0.3, 0.4) is 0 Å². The number of halogens is 1. The molecular weight excluding hydrogens is 279 g/mol. The van der Waals surface area contributed by atoms with E-state index in [-0.39, 0.29) is 11.2 Å². The third-order valence-corrected chi connectivity index (χ3v) is 3.48. The van der Waals surface area contributed by atoms with E-state index in [1.54, 1.807) is 12.1 Å². The molecule has 0 unspecified atom stereocenters. The first-order chi connectivity index (χ1) is 10.3. The minimum absolute atomic E-state index is 0.0328. The molecule has 0 aliphatic heterocycles. The largest absolute Gasteiger partial charge is 0.478 e. The number of carboxylic acids is 1. The SMILES string of the molecule is CC(C)(C)c1ccc(/C(=C\C(=O)O)c2ccc(F)cc2)cc1. The van der Waals surface area contributed by atoms with Crippen LogP contribution in [0.1, 0.15) is 37.5 Å². The van der Waals surface area contributed by atoms with Gasteiger partial charge in [-0.25, -0.2) is 9.18 Å². The van der Waals surface area contributed by atoms with Crippen LogP contribution in [0.4, 0.5) is 4.39 Å². The fourth-order valence-electron chi connectivity index (χ4n) is 2.24. The summed E-state index contributed by atoms with van der Waals surface area (Å²) in [5.74, 6) is -1.37. The lowest BCUT2D eigenvalue weighted by Crippen LogP contribution is -2.10. The average molecular weight is 298 g/mol.